The fourth-order valence-corrected chi connectivity index (χ4v) is 4.42. The summed E-state index contributed by atoms with van der Waals surface area (Å²) < 4.78 is 12.0. The summed E-state index contributed by atoms with van der Waals surface area (Å²) in [5, 5.41) is 7.55. The Morgan fingerprint density at radius 1 is 0.903 bits per heavy atom. The Morgan fingerprint density at radius 3 is 2.06 bits per heavy atom. The van der Waals surface area contributed by atoms with Crippen molar-refractivity contribution in [1.82, 2.24) is 9.80 Å². The molecule has 1 amide bonds. The minimum absolute atomic E-state index is 0.194. The van der Waals surface area contributed by atoms with E-state index in [9.17, 15) is 4.79 Å². The minimum atomic E-state index is -0.522. The van der Waals surface area contributed by atoms with Crippen LogP contribution in [0.1, 0.15) is 20.8 Å². The van der Waals surface area contributed by atoms with E-state index in [1.165, 1.54) is 11.1 Å². The zero-order valence-corrected chi connectivity index (χ0v) is 19.1. The summed E-state index contributed by atoms with van der Waals surface area (Å²) >= 11 is 1.69. The third-order valence-electron chi connectivity index (χ3n) is 5.36. The Bertz CT molecular complexity index is 1000. The zero-order chi connectivity index (χ0) is 21.9. The van der Waals surface area contributed by atoms with Gasteiger partial charge in [-0.3, -0.25) is 0 Å². The second kappa shape index (κ2) is 8.83. The zero-order valence-electron chi connectivity index (χ0n) is 18.3. The summed E-state index contributed by atoms with van der Waals surface area (Å²) in [6.07, 6.45) is -0.202. The highest BCUT2D eigenvalue weighted by atomic mass is 32.1. The van der Waals surface area contributed by atoms with E-state index in [1.54, 1.807) is 11.3 Å². The highest BCUT2D eigenvalue weighted by Crippen LogP contribution is 2.32. The van der Waals surface area contributed by atoms with Crippen LogP contribution in [0.3, 0.4) is 0 Å². The number of hydrogen-bond acceptors (Lipinski definition) is 5. The highest BCUT2D eigenvalue weighted by molar-refractivity contribution is 7.08. The molecule has 0 spiro atoms. The molecular formula is C25H29N2O3S+. The average molecular weight is 438 g/mol. The lowest BCUT2D eigenvalue weighted by atomic mass is 10.1. The lowest BCUT2D eigenvalue weighted by Crippen LogP contribution is -2.64. The predicted molar refractivity (Wildman–Crippen MR) is 127 cm³/mol. The van der Waals surface area contributed by atoms with Gasteiger partial charge in [-0.1, -0.05) is 12.1 Å². The van der Waals surface area contributed by atoms with Crippen molar-refractivity contribution in [1.29, 1.82) is 0 Å². The maximum absolute atomic E-state index is 13.1. The van der Waals surface area contributed by atoms with Crippen LogP contribution in [-0.4, -0.2) is 37.9 Å². The molecule has 1 aliphatic rings. The van der Waals surface area contributed by atoms with Crippen LogP contribution in [0.4, 0.5) is 10.5 Å². The number of quaternary nitrogens is 1. The summed E-state index contributed by atoms with van der Waals surface area (Å²) in [6.45, 7) is 8.60. The molecule has 2 aromatic carbocycles. The number of hydrogen-bond donors (Lipinski definition) is 1. The maximum atomic E-state index is 13.1. The molecule has 1 aliphatic heterocycles. The van der Waals surface area contributed by atoms with Gasteiger partial charge in [0.25, 0.3) is 0 Å². The molecule has 0 bridgehead atoms. The number of piperazine rings is 1. The van der Waals surface area contributed by atoms with Gasteiger partial charge in [0.05, 0.1) is 0 Å². The van der Waals surface area contributed by atoms with Gasteiger partial charge in [-0.2, -0.15) is 20.6 Å². The Kier molecular flexibility index (Phi) is 6.14. The topological polar surface area (TPSA) is 47.6 Å². The van der Waals surface area contributed by atoms with Gasteiger partial charge in [0.15, 0.2) is 0 Å². The van der Waals surface area contributed by atoms with Crippen molar-refractivity contribution in [3.8, 4) is 22.6 Å². The van der Waals surface area contributed by atoms with Crippen LogP contribution in [0.2, 0.25) is 0 Å². The molecule has 0 unspecified atom stereocenters. The molecule has 1 aromatic heterocycles. The Morgan fingerprint density at radius 2 is 1.52 bits per heavy atom. The first-order valence-electron chi connectivity index (χ1n) is 10.6. The molecular weight excluding hydrogens is 408 g/mol. The molecule has 0 radical (unpaired) electrons. The molecule has 4 rings (SSSR count). The molecule has 2 heterocycles. The van der Waals surface area contributed by atoms with Gasteiger partial charge in [-0.25, -0.2) is 0 Å². The predicted octanol–water partition coefficient (Wildman–Crippen LogP) is 6.05. The normalized spacial score (nSPS) is 16.0. The molecule has 0 saturated carbocycles. The Balaban J connectivity index is 1.51. The third-order valence-corrected chi connectivity index (χ3v) is 6.04. The Hall–Kier alpha value is -2.67. The van der Waals surface area contributed by atoms with Crippen molar-refractivity contribution < 1.29 is 14.3 Å². The van der Waals surface area contributed by atoms with Crippen LogP contribution in [-0.2, 0) is 4.74 Å². The van der Waals surface area contributed by atoms with Crippen molar-refractivity contribution in [3.63, 3.8) is 0 Å². The van der Waals surface area contributed by atoms with Crippen LogP contribution < -0.4 is 14.5 Å². The number of rotatable bonds is 4. The van der Waals surface area contributed by atoms with Gasteiger partial charge in [0, 0.05) is 25.2 Å². The largest absolute Gasteiger partial charge is 0.521 e. The molecule has 1 N–H and O–H groups in total. The van der Waals surface area contributed by atoms with Crippen LogP contribution >= 0.6 is 11.3 Å². The van der Waals surface area contributed by atoms with Crippen molar-refractivity contribution in [2.45, 2.75) is 26.4 Å². The van der Waals surface area contributed by atoms with E-state index in [0.717, 1.165) is 30.3 Å². The van der Waals surface area contributed by atoms with Gasteiger partial charge in [0.1, 0.15) is 35.9 Å². The van der Waals surface area contributed by atoms with Crippen LogP contribution in [0.15, 0.2) is 65.4 Å². The first kappa shape index (κ1) is 21.6. The average Bonchev–Trinajstić information content (AvgIpc) is 3.29. The molecule has 6 heteroatoms. The van der Waals surface area contributed by atoms with Gasteiger partial charge < -0.3 is 14.8 Å². The number of carbonyl (C=O) groups is 1. The van der Waals surface area contributed by atoms with Gasteiger partial charge in [0.2, 0.25) is 0 Å². The van der Waals surface area contributed by atoms with E-state index in [1.807, 2.05) is 57.2 Å². The van der Waals surface area contributed by atoms with Gasteiger partial charge >= 0.3 is 6.09 Å². The fourth-order valence-electron chi connectivity index (χ4n) is 3.75. The number of thiophene rings is 1. The molecule has 3 aromatic rings. The molecule has 0 atom stereocenters. The summed E-state index contributed by atoms with van der Waals surface area (Å²) in [7, 11) is 0. The van der Waals surface area contributed by atoms with Crippen molar-refractivity contribution in [2.24, 2.45) is 0 Å². The number of nitrogens with one attached hydrogen (secondary N) is 1. The monoisotopic (exact) mass is 437 g/mol. The quantitative estimate of drug-likeness (QED) is 0.505. The van der Waals surface area contributed by atoms with Gasteiger partial charge in [-0.05, 0) is 73.0 Å². The van der Waals surface area contributed by atoms with Crippen LogP contribution in [0.25, 0.3) is 11.1 Å². The van der Waals surface area contributed by atoms with Crippen molar-refractivity contribution in [2.75, 3.05) is 26.2 Å². The van der Waals surface area contributed by atoms with E-state index >= 15 is 0 Å². The molecule has 5 nitrogen and oxygen atoms in total. The smallest absolute Gasteiger partial charge is 0.457 e. The van der Waals surface area contributed by atoms with Crippen LogP contribution in [0.5, 0.6) is 11.5 Å². The second-order valence-electron chi connectivity index (χ2n) is 8.78. The number of carbonyl (C=O) groups excluding carboxylic acids is 1. The molecule has 1 fully saturated rings. The van der Waals surface area contributed by atoms with E-state index in [0.29, 0.717) is 13.1 Å². The summed E-state index contributed by atoms with van der Waals surface area (Å²) in [5.41, 5.74) is 2.79. The summed E-state index contributed by atoms with van der Waals surface area (Å²) in [5.74, 6) is 1.52. The first-order valence-corrected chi connectivity index (χ1v) is 11.5. The SMILES string of the molecule is CC(C)(C)OC(=O)[N+]1(c2ccc(Oc3ccc(-c4ccsc4)cc3)cc2)CCNCC1. The van der Waals surface area contributed by atoms with E-state index in [2.05, 4.69) is 34.3 Å². The Labute approximate surface area is 187 Å². The van der Waals surface area contributed by atoms with E-state index < -0.39 is 5.60 Å². The van der Waals surface area contributed by atoms with E-state index in [-0.39, 0.29) is 10.6 Å². The van der Waals surface area contributed by atoms with Gasteiger partial charge in [-0.15, -0.1) is 0 Å². The first-order chi connectivity index (χ1) is 14.9. The van der Waals surface area contributed by atoms with Crippen molar-refractivity contribution in [3.05, 3.63) is 65.4 Å². The number of amides is 1. The second-order valence-corrected chi connectivity index (χ2v) is 9.56. The number of nitrogens with zero attached hydrogens (tertiary/aromatic N) is 1. The standard InChI is InChI=1S/C25H29N2O3S/c1-25(2,3)30-24(28)27(15-13-26-14-16-27)21-6-10-23(11-7-21)29-22-8-4-19(5-9-22)20-12-17-31-18-20/h4-12,17-18,26H,13-16H2,1-3H3/q+1. The van der Waals surface area contributed by atoms with Crippen molar-refractivity contribution >= 4 is 23.1 Å². The lowest BCUT2D eigenvalue weighted by Gasteiger charge is -2.38. The molecule has 0 aliphatic carbocycles. The lowest BCUT2D eigenvalue weighted by molar-refractivity contribution is 0.0241. The fraction of sp³-hybridized carbons (Fsp3) is 0.320. The maximum Gasteiger partial charge on any atom is 0.521 e. The third kappa shape index (κ3) is 4.98. The number of ether oxygens (including phenoxy) is 2. The van der Waals surface area contributed by atoms with Crippen LogP contribution in [0, 0.1) is 0 Å². The summed E-state index contributed by atoms with van der Waals surface area (Å²) in [6, 6.07) is 18.0. The summed E-state index contributed by atoms with van der Waals surface area (Å²) in [4.78, 5) is 13.1. The molecule has 162 valence electrons. The molecule has 1 saturated heterocycles. The number of benzene rings is 2. The molecule has 31 heavy (non-hydrogen) atoms. The van der Waals surface area contributed by atoms with E-state index in [4.69, 9.17) is 9.47 Å². The minimum Gasteiger partial charge on any atom is -0.457 e. The highest BCUT2D eigenvalue weighted by Gasteiger charge is 2.44.